The van der Waals surface area contributed by atoms with E-state index in [-0.39, 0.29) is 0 Å². The van der Waals surface area contributed by atoms with E-state index in [0.29, 0.717) is 24.2 Å². The molecule has 0 bridgehead atoms. The number of hydrogen-bond acceptors (Lipinski definition) is 4. The average Bonchev–Trinajstić information content (AvgIpc) is 3.08. The molecule has 3 aromatic rings. The van der Waals surface area contributed by atoms with Crippen molar-refractivity contribution in [3.8, 4) is 5.82 Å². The highest BCUT2D eigenvalue weighted by atomic mass is 16.5. The Bertz CT molecular complexity index is 1030. The van der Waals surface area contributed by atoms with Crippen LogP contribution in [0.3, 0.4) is 0 Å². The molecule has 6 heteroatoms. The molecule has 1 aromatic carbocycles. The Morgan fingerprint density at radius 2 is 1.97 bits per heavy atom. The summed E-state index contributed by atoms with van der Waals surface area (Å²) in [5, 5.41) is 8.51. The first-order valence-electron chi connectivity index (χ1n) is 10.8. The van der Waals surface area contributed by atoms with Gasteiger partial charge < -0.3 is 4.74 Å². The number of fused-ring (bicyclic) bond motifs is 1. The molecule has 0 saturated heterocycles. The first-order chi connectivity index (χ1) is 14.4. The number of para-hydroxylation sites is 1. The summed E-state index contributed by atoms with van der Waals surface area (Å²) >= 11 is 0. The van der Waals surface area contributed by atoms with E-state index in [4.69, 9.17) is 9.72 Å². The number of nitrogens with one attached hydrogen (secondary N) is 1. The monoisotopic (exact) mass is 408 g/mol. The maximum Gasteiger partial charge on any atom is 0.412 e. The number of aromatic nitrogens is 3. The van der Waals surface area contributed by atoms with Crippen LogP contribution in [0.25, 0.3) is 16.7 Å². The maximum absolute atomic E-state index is 12.4. The molecule has 1 atom stereocenters. The van der Waals surface area contributed by atoms with E-state index >= 15 is 0 Å². The fourth-order valence-electron chi connectivity index (χ4n) is 3.65. The van der Waals surface area contributed by atoms with E-state index in [1.807, 2.05) is 38.1 Å². The number of anilines is 1. The molecule has 2 heterocycles. The second-order valence-electron chi connectivity index (χ2n) is 7.99. The number of unbranched alkanes of at least 4 members (excludes halogenated alkanes) is 1. The Kier molecular flexibility index (Phi) is 7.08. The smallest absolute Gasteiger partial charge is 0.412 e. The Balaban J connectivity index is 1.80. The van der Waals surface area contributed by atoms with Crippen molar-refractivity contribution in [2.45, 2.75) is 60.3 Å². The van der Waals surface area contributed by atoms with Gasteiger partial charge in [-0.3, -0.25) is 5.32 Å². The van der Waals surface area contributed by atoms with Gasteiger partial charge in [-0.2, -0.15) is 9.78 Å². The van der Waals surface area contributed by atoms with Crippen molar-refractivity contribution in [2.75, 3.05) is 11.9 Å². The lowest BCUT2D eigenvalue weighted by atomic mass is 10.0. The molecule has 2 aromatic heterocycles. The minimum atomic E-state index is -0.459. The lowest BCUT2D eigenvalue weighted by molar-refractivity contribution is 0.136. The van der Waals surface area contributed by atoms with Crippen LogP contribution in [0.4, 0.5) is 10.6 Å². The quantitative estimate of drug-likeness (QED) is 0.488. The number of amides is 1. The zero-order chi connectivity index (χ0) is 21.7. The van der Waals surface area contributed by atoms with Crippen LogP contribution in [0, 0.1) is 26.7 Å². The number of hydrogen-bond donors (Lipinski definition) is 1. The van der Waals surface area contributed by atoms with Gasteiger partial charge >= 0.3 is 6.09 Å². The fraction of sp³-hybridized carbons (Fsp3) is 0.458. The van der Waals surface area contributed by atoms with Crippen LogP contribution in [0.1, 0.15) is 56.4 Å². The number of pyridine rings is 1. The van der Waals surface area contributed by atoms with Crippen LogP contribution in [-0.2, 0) is 4.74 Å². The lowest BCUT2D eigenvalue weighted by Crippen LogP contribution is -2.20. The van der Waals surface area contributed by atoms with E-state index < -0.39 is 6.09 Å². The van der Waals surface area contributed by atoms with E-state index in [1.54, 1.807) is 4.68 Å². The Morgan fingerprint density at radius 3 is 2.70 bits per heavy atom. The summed E-state index contributed by atoms with van der Waals surface area (Å²) in [6.45, 7) is 10.7. The third-order valence-electron chi connectivity index (χ3n) is 5.51. The summed E-state index contributed by atoms with van der Waals surface area (Å²) in [6.07, 6.45) is 3.93. The van der Waals surface area contributed by atoms with Gasteiger partial charge in [0, 0.05) is 11.5 Å². The summed E-state index contributed by atoms with van der Waals surface area (Å²) in [5.74, 6) is 1.63. The summed E-state index contributed by atoms with van der Waals surface area (Å²) in [6, 6.07) is 9.97. The third kappa shape index (κ3) is 4.99. The maximum atomic E-state index is 12.4. The molecule has 1 N–H and O–H groups in total. The SMILES string of the molecule is CCCCC(CC)COC(=O)Nc1cc(C)nn1-c1cc(C)c2cccc(C)c2n1. The standard InChI is InChI=1S/C24H32N4O2/c1-6-8-11-19(7-2)15-30-24(29)26-22-14-18(5)27-28(22)21-13-17(4)20-12-9-10-16(3)23(20)25-21/h9-10,12-14,19H,6-8,11,15H2,1-5H3,(H,26,29). The highest BCUT2D eigenvalue weighted by molar-refractivity contribution is 5.86. The molecular weight excluding hydrogens is 376 g/mol. The number of nitrogens with zero attached hydrogens (tertiary/aromatic N) is 3. The second kappa shape index (κ2) is 9.74. The van der Waals surface area contributed by atoms with Crippen LogP contribution in [0.15, 0.2) is 30.3 Å². The van der Waals surface area contributed by atoms with Gasteiger partial charge in [0.15, 0.2) is 5.82 Å². The molecule has 0 radical (unpaired) electrons. The number of ether oxygens (including phenoxy) is 1. The summed E-state index contributed by atoms with van der Waals surface area (Å²) in [4.78, 5) is 17.3. The van der Waals surface area contributed by atoms with Gasteiger partial charge in [0.1, 0.15) is 5.82 Å². The molecule has 0 aliphatic rings. The van der Waals surface area contributed by atoms with Crippen molar-refractivity contribution in [3.63, 3.8) is 0 Å². The molecule has 0 saturated carbocycles. The normalized spacial score (nSPS) is 12.2. The topological polar surface area (TPSA) is 69.0 Å². The predicted octanol–water partition coefficient (Wildman–Crippen LogP) is 6.11. The highest BCUT2D eigenvalue weighted by Gasteiger charge is 2.16. The Morgan fingerprint density at radius 1 is 1.17 bits per heavy atom. The number of carbonyl (C=O) groups is 1. The fourth-order valence-corrected chi connectivity index (χ4v) is 3.65. The average molecular weight is 409 g/mol. The Labute approximate surface area is 178 Å². The van der Waals surface area contributed by atoms with Gasteiger partial charge in [0.25, 0.3) is 0 Å². The number of carbonyl (C=O) groups excluding carboxylic acids is 1. The largest absolute Gasteiger partial charge is 0.449 e. The van der Waals surface area contributed by atoms with Gasteiger partial charge in [-0.25, -0.2) is 9.78 Å². The number of aryl methyl sites for hydroxylation is 3. The van der Waals surface area contributed by atoms with E-state index in [9.17, 15) is 4.79 Å². The van der Waals surface area contributed by atoms with Crippen molar-refractivity contribution < 1.29 is 9.53 Å². The zero-order valence-corrected chi connectivity index (χ0v) is 18.7. The van der Waals surface area contributed by atoms with Crippen LogP contribution in [0.2, 0.25) is 0 Å². The molecule has 160 valence electrons. The molecule has 0 aliphatic carbocycles. The molecule has 6 nitrogen and oxygen atoms in total. The Hall–Kier alpha value is -2.89. The van der Waals surface area contributed by atoms with Crippen LogP contribution in [-0.4, -0.2) is 27.5 Å². The van der Waals surface area contributed by atoms with Crippen molar-refractivity contribution in [2.24, 2.45) is 5.92 Å². The van der Waals surface area contributed by atoms with Gasteiger partial charge in [-0.15, -0.1) is 0 Å². The minimum Gasteiger partial charge on any atom is -0.449 e. The van der Waals surface area contributed by atoms with Gasteiger partial charge in [-0.1, -0.05) is 51.3 Å². The summed E-state index contributed by atoms with van der Waals surface area (Å²) < 4.78 is 7.17. The summed E-state index contributed by atoms with van der Waals surface area (Å²) in [7, 11) is 0. The van der Waals surface area contributed by atoms with Crippen molar-refractivity contribution in [1.29, 1.82) is 0 Å². The second-order valence-corrected chi connectivity index (χ2v) is 7.99. The van der Waals surface area contributed by atoms with Gasteiger partial charge in [0.05, 0.1) is 17.8 Å². The summed E-state index contributed by atoms with van der Waals surface area (Å²) in [5.41, 5.74) is 3.95. The van der Waals surface area contributed by atoms with Crippen LogP contribution < -0.4 is 5.32 Å². The van der Waals surface area contributed by atoms with E-state index in [2.05, 4.69) is 37.3 Å². The van der Waals surface area contributed by atoms with Crippen LogP contribution in [0.5, 0.6) is 0 Å². The van der Waals surface area contributed by atoms with Crippen molar-refractivity contribution in [3.05, 3.63) is 47.2 Å². The molecule has 1 amide bonds. The van der Waals surface area contributed by atoms with Gasteiger partial charge in [-0.05, 0) is 50.3 Å². The highest BCUT2D eigenvalue weighted by Crippen LogP contribution is 2.24. The van der Waals surface area contributed by atoms with Crippen molar-refractivity contribution in [1.82, 2.24) is 14.8 Å². The first kappa shape index (κ1) is 21.8. The molecule has 0 spiro atoms. The third-order valence-corrected chi connectivity index (χ3v) is 5.51. The van der Waals surface area contributed by atoms with Crippen molar-refractivity contribution >= 4 is 22.8 Å². The predicted molar refractivity (Wildman–Crippen MR) is 121 cm³/mol. The van der Waals surface area contributed by atoms with E-state index in [1.165, 1.54) is 0 Å². The molecule has 30 heavy (non-hydrogen) atoms. The molecule has 1 unspecified atom stereocenters. The molecule has 0 aliphatic heterocycles. The van der Waals surface area contributed by atoms with Crippen LogP contribution >= 0.6 is 0 Å². The minimum absolute atomic E-state index is 0.398. The molecular formula is C24H32N4O2. The number of benzene rings is 1. The molecule has 0 fully saturated rings. The number of rotatable bonds is 8. The lowest BCUT2D eigenvalue weighted by Gasteiger charge is -2.15. The molecule has 3 rings (SSSR count). The zero-order valence-electron chi connectivity index (χ0n) is 18.7. The van der Waals surface area contributed by atoms with Gasteiger partial charge in [0.2, 0.25) is 0 Å². The first-order valence-corrected chi connectivity index (χ1v) is 10.8. The van der Waals surface area contributed by atoms with E-state index in [0.717, 1.165) is 53.4 Å².